The predicted octanol–water partition coefficient (Wildman–Crippen LogP) is 3.68. The Bertz CT molecular complexity index is 792. The van der Waals surface area contributed by atoms with E-state index in [2.05, 4.69) is 6.07 Å². The Balaban J connectivity index is 2.12. The van der Waals surface area contributed by atoms with Gasteiger partial charge in [-0.25, -0.2) is 4.79 Å². The van der Waals surface area contributed by atoms with Crippen molar-refractivity contribution in [3.8, 4) is 6.07 Å². The Labute approximate surface area is 167 Å². The summed E-state index contributed by atoms with van der Waals surface area (Å²) in [5.41, 5.74) is 1.33. The smallest absolute Gasteiger partial charge is 0.410 e. The number of Topliss-reactive ketones (excluding diaryl/α,β-unsaturated/α-hetero) is 1. The summed E-state index contributed by atoms with van der Waals surface area (Å²) in [6.07, 6.45) is 2.67. The molecule has 1 heterocycles. The summed E-state index contributed by atoms with van der Waals surface area (Å²) in [4.78, 5) is 29.0. The van der Waals surface area contributed by atoms with Gasteiger partial charge < -0.3 is 14.5 Å². The van der Waals surface area contributed by atoms with Gasteiger partial charge in [-0.15, -0.1) is 0 Å². The zero-order valence-corrected chi connectivity index (χ0v) is 17.4. The quantitative estimate of drug-likeness (QED) is 0.742. The number of hydrogen-bond donors (Lipinski definition) is 0. The maximum atomic E-state index is 13.2. The highest BCUT2D eigenvalue weighted by Crippen LogP contribution is 2.27. The molecule has 1 aromatic rings. The third kappa shape index (κ3) is 5.85. The first-order valence-electron chi connectivity index (χ1n) is 9.51. The van der Waals surface area contributed by atoms with E-state index in [1.807, 2.05) is 45.8 Å². The minimum Gasteiger partial charge on any atom is -0.444 e. The fraction of sp³-hybridized carbons (Fsp3) is 0.500. The number of likely N-dealkylation sites (tertiary alicyclic amines) is 1. The highest BCUT2D eigenvalue weighted by Gasteiger charge is 2.31. The summed E-state index contributed by atoms with van der Waals surface area (Å²) in [5, 5.41) is 9.16. The molecule has 0 atom stereocenters. The zero-order chi connectivity index (χ0) is 20.9. The fourth-order valence-electron chi connectivity index (χ4n) is 3.17. The number of rotatable bonds is 4. The zero-order valence-electron chi connectivity index (χ0n) is 17.4. The van der Waals surface area contributed by atoms with Crippen LogP contribution in [0.4, 0.5) is 4.79 Å². The van der Waals surface area contributed by atoms with Crippen LogP contribution in [0.25, 0.3) is 5.57 Å². The number of carbonyl (C=O) groups excluding carboxylic acids is 2. The predicted molar refractivity (Wildman–Crippen MR) is 108 cm³/mol. The van der Waals surface area contributed by atoms with Crippen LogP contribution in [0, 0.1) is 17.2 Å². The molecule has 1 amide bonds. The maximum Gasteiger partial charge on any atom is 0.410 e. The number of nitrogens with zero attached hydrogens (tertiary/aromatic N) is 3. The van der Waals surface area contributed by atoms with Gasteiger partial charge >= 0.3 is 6.09 Å². The third-order valence-electron chi connectivity index (χ3n) is 4.47. The molecular formula is C22H29N3O3. The molecule has 0 aliphatic carbocycles. The molecule has 0 bridgehead atoms. The fourth-order valence-corrected chi connectivity index (χ4v) is 3.17. The molecule has 0 aromatic heterocycles. The summed E-state index contributed by atoms with van der Waals surface area (Å²) in [6, 6.07) is 9.22. The number of nitriles is 1. The van der Waals surface area contributed by atoms with Crippen LogP contribution in [0.15, 0.2) is 30.5 Å². The Hall–Kier alpha value is -2.81. The summed E-state index contributed by atoms with van der Waals surface area (Å²) in [7, 11) is 3.74. The summed E-state index contributed by atoms with van der Waals surface area (Å²) >= 11 is 0. The molecule has 1 fully saturated rings. The number of piperidine rings is 1. The van der Waals surface area contributed by atoms with Gasteiger partial charge in [0, 0.05) is 44.9 Å². The minimum absolute atomic E-state index is 0.0487. The Kier molecular flexibility index (Phi) is 6.85. The summed E-state index contributed by atoms with van der Waals surface area (Å²) in [6.45, 7) is 6.52. The first-order chi connectivity index (χ1) is 13.1. The SMILES string of the molecule is CN(C)C=C(C(=O)C1CCN(C(=O)OC(C)(C)C)CC1)c1cccc(C#N)c1. The Morgan fingerprint density at radius 3 is 2.43 bits per heavy atom. The first-order valence-corrected chi connectivity index (χ1v) is 9.51. The van der Waals surface area contributed by atoms with Gasteiger partial charge in [0.1, 0.15) is 5.60 Å². The maximum absolute atomic E-state index is 13.2. The molecule has 0 spiro atoms. The first kappa shape index (κ1) is 21.5. The van der Waals surface area contributed by atoms with Crippen molar-refractivity contribution in [1.82, 2.24) is 9.80 Å². The van der Waals surface area contributed by atoms with Gasteiger partial charge in [0.15, 0.2) is 5.78 Å². The summed E-state index contributed by atoms with van der Waals surface area (Å²) < 4.78 is 5.42. The van der Waals surface area contributed by atoms with Crippen LogP contribution < -0.4 is 0 Å². The van der Waals surface area contributed by atoms with Crippen molar-refractivity contribution in [1.29, 1.82) is 5.26 Å². The van der Waals surface area contributed by atoms with Crippen molar-refractivity contribution in [2.24, 2.45) is 5.92 Å². The van der Waals surface area contributed by atoms with Gasteiger partial charge in [0.2, 0.25) is 0 Å². The second-order valence-electron chi connectivity index (χ2n) is 8.30. The lowest BCUT2D eigenvalue weighted by Gasteiger charge is -2.33. The van der Waals surface area contributed by atoms with Crippen LogP contribution in [0.3, 0.4) is 0 Å². The van der Waals surface area contributed by atoms with Crippen molar-refractivity contribution in [3.05, 3.63) is 41.6 Å². The topological polar surface area (TPSA) is 73.6 Å². The number of hydrogen-bond acceptors (Lipinski definition) is 5. The molecule has 6 heteroatoms. The number of carbonyl (C=O) groups is 2. The lowest BCUT2D eigenvalue weighted by molar-refractivity contribution is -0.118. The van der Waals surface area contributed by atoms with Gasteiger partial charge in [-0.1, -0.05) is 12.1 Å². The normalized spacial score (nSPS) is 15.7. The van der Waals surface area contributed by atoms with Crippen molar-refractivity contribution < 1.29 is 14.3 Å². The van der Waals surface area contributed by atoms with Crippen molar-refractivity contribution in [3.63, 3.8) is 0 Å². The van der Waals surface area contributed by atoms with Gasteiger partial charge in [0.25, 0.3) is 0 Å². The monoisotopic (exact) mass is 383 g/mol. The van der Waals surface area contributed by atoms with Gasteiger partial charge in [-0.3, -0.25) is 4.79 Å². The molecule has 2 rings (SSSR count). The van der Waals surface area contributed by atoms with Gasteiger partial charge in [-0.05, 0) is 51.3 Å². The van der Waals surface area contributed by atoms with Crippen LogP contribution in [-0.4, -0.2) is 54.5 Å². The number of ketones is 1. The molecule has 0 N–H and O–H groups in total. The van der Waals surface area contributed by atoms with E-state index in [9.17, 15) is 9.59 Å². The molecule has 0 unspecified atom stereocenters. The van der Waals surface area contributed by atoms with Crippen molar-refractivity contribution >= 4 is 17.4 Å². The average molecular weight is 383 g/mol. The number of allylic oxidation sites excluding steroid dienone is 1. The van der Waals surface area contributed by atoms with Crippen molar-refractivity contribution in [2.75, 3.05) is 27.2 Å². The van der Waals surface area contributed by atoms with Crippen molar-refractivity contribution in [2.45, 2.75) is 39.2 Å². The van der Waals surface area contributed by atoms with Crippen LogP contribution in [0.5, 0.6) is 0 Å². The average Bonchev–Trinajstić information content (AvgIpc) is 2.64. The second kappa shape index (κ2) is 8.92. The molecule has 1 aromatic carbocycles. The van der Waals surface area contributed by atoms with E-state index in [0.29, 0.717) is 37.1 Å². The Morgan fingerprint density at radius 1 is 1.25 bits per heavy atom. The van der Waals surface area contributed by atoms with E-state index < -0.39 is 5.60 Å². The van der Waals surface area contributed by atoms with E-state index in [4.69, 9.17) is 10.00 Å². The molecule has 1 saturated heterocycles. The van der Waals surface area contributed by atoms with E-state index >= 15 is 0 Å². The molecule has 1 aliphatic rings. The van der Waals surface area contributed by atoms with Crippen LogP contribution in [0.2, 0.25) is 0 Å². The molecule has 28 heavy (non-hydrogen) atoms. The summed E-state index contributed by atoms with van der Waals surface area (Å²) in [5.74, 6) is -0.108. The molecule has 6 nitrogen and oxygen atoms in total. The third-order valence-corrected chi connectivity index (χ3v) is 4.47. The van der Waals surface area contributed by atoms with E-state index in [1.165, 1.54) is 0 Å². The van der Waals surface area contributed by atoms with Crippen LogP contribution in [-0.2, 0) is 9.53 Å². The van der Waals surface area contributed by atoms with Crippen LogP contribution in [0.1, 0.15) is 44.7 Å². The second-order valence-corrected chi connectivity index (χ2v) is 8.30. The van der Waals surface area contributed by atoms with Gasteiger partial charge in [0.05, 0.1) is 11.6 Å². The van der Waals surface area contributed by atoms with Gasteiger partial charge in [-0.2, -0.15) is 5.26 Å². The molecular weight excluding hydrogens is 354 g/mol. The minimum atomic E-state index is -0.531. The number of benzene rings is 1. The highest BCUT2D eigenvalue weighted by atomic mass is 16.6. The lowest BCUT2D eigenvalue weighted by Crippen LogP contribution is -2.43. The highest BCUT2D eigenvalue weighted by molar-refractivity contribution is 6.21. The number of ether oxygens (including phenoxy) is 1. The standard InChI is InChI=1S/C22H29N3O3/c1-22(2,3)28-21(27)25-11-9-17(10-12-25)20(26)19(15-24(4)5)18-8-6-7-16(13-18)14-23/h6-8,13,15,17H,9-12H2,1-5H3. The van der Waals surface area contributed by atoms with E-state index in [-0.39, 0.29) is 17.8 Å². The molecule has 0 radical (unpaired) electrons. The molecule has 150 valence electrons. The van der Waals surface area contributed by atoms with E-state index in [0.717, 1.165) is 5.56 Å². The van der Waals surface area contributed by atoms with E-state index in [1.54, 1.807) is 29.3 Å². The molecule has 0 saturated carbocycles. The number of amides is 1. The Morgan fingerprint density at radius 2 is 1.89 bits per heavy atom. The molecule has 1 aliphatic heterocycles. The largest absolute Gasteiger partial charge is 0.444 e. The lowest BCUT2D eigenvalue weighted by atomic mass is 9.86. The van der Waals surface area contributed by atoms with Crippen LogP contribution >= 0.6 is 0 Å².